The molecule has 0 saturated heterocycles. The summed E-state index contributed by atoms with van der Waals surface area (Å²) >= 11 is 1.52. The quantitative estimate of drug-likeness (QED) is 0.471. The van der Waals surface area contributed by atoms with Gasteiger partial charge in [0.1, 0.15) is 0 Å². The standard InChI is InChI=1S/C26H26N2O3S.Na/c1-18-6-3-4-8-21(18)23-16-19(9-10-20-7-5-14-27-17-20)11-12-22(23)25(29)28-24(26(30)31)13-15-32-2;/h3-12,14,16-17,24H,13,15H2,1-2H3,(H,28,29)(H,30,31);/q;+1/p-1/b10-9+;. The second-order valence-electron chi connectivity index (χ2n) is 7.37. The summed E-state index contributed by atoms with van der Waals surface area (Å²) in [5.41, 5.74) is 5.00. The third-order valence-electron chi connectivity index (χ3n) is 5.08. The van der Waals surface area contributed by atoms with Gasteiger partial charge in [0.05, 0.1) is 12.0 Å². The minimum atomic E-state index is -1.28. The van der Waals surface area contributed by atoms with Crippen LogP contribution in [-0.4, -0.2) is 34.9 Å². The van der Waals surface area contributed by atoms with Crippen molar-refractivity contribution in [2.24, 2.45) is 0 Å². The molecule has 1 aromatic heterocycles. The van der Waals surface area contributed by atoms with E-state index in [1.165, 1.54) is 11.8 Å². The molecule has 0 aliphatic rings. The Kier molecular flexibility index (Phi) is 10.9. The molecule has 0 aliphatic carbocycles. The van der Waals surface area contributed by atoms with E-state index in [2.05, 4.69) is 10.3 Å². The SMILES string of the molecule is CSCCC(NC(=O)c1ccc(/C=C/c2cccnc2)cc1-c1ccccc1C)C(=O)[O-].[Na+]. The Morgan fingerprint density at radius 2 is 1.82 bits per heavy atom. The molecule has 3 aromatic rings. The van der Waals surface area contributed by atoms with Gasteiger partial charge in [-0.3, -0.25) is 9.78 Å². The van der Waals surface area contributed by atoms with Crippen LogP contribution in [0, 0.1) is 6.92 Å². The number of carboxylic acids is 1. The summed E-state index contributed by atoms with van der Waals surface area (Å²) in [5, 5.41) is 14.1. The molecule has 7 heteroatoms. The van der Waals surface area contributed by atoms with Crippen molar-refractivity contribution < 1.29 is 44.3 Å². The van der Waals surface area contributed by atoms with E-state index >= 15 is 0 Å². The Bertz CT molecular complexity index is 1120. The Morgan fingerprint density at radius 1 is 1.06 bits per heavy atom. The van der Waals surface area contributed by atoms with Crippen LogP contribution in [0.25, 0.3) is 23.3 Å². The van der Waals surface area contributed by atoms with Crippen LogP contribution in [0.4, 0.5) is 0 Å². The molecule has 164 valence electrons. The van der Waals surface area contributed by atoms with Crippen LogP contribution in [0.5, 0.6) is 0 Å². The van der Waals surface area contributed by atoms with Gasteiger partial charge in [0.25, 0.3) is 5.91 Å². The smallest absolute Gasteiger partial charge is 0.548 e. The maximum absolute atomic E-state index is 13.1. The minimum Gasteiger partial charge on any atom is -0.548 e. The van der Waals surface area contributed by atoms with Crippen molar-refractivity contribution in [1.29, 1.82) is 0 Å². The fourth-order valence-corrected chi connectivity index (χ4v) is 3.82. The fraction of sp³-hybridized carbons (Fsp3) is 0.192. The summed E-state index contributed by atoms with van der Waals surface area (Å²) in [6.45, 7) is 1.98. The largest absolute Gasteiger partial charge is 1.00 e. The van der Waals surface area contributed by atoms with E-state index in [0.717, 1.165) is 27.8 Å². The van der Waals surface area contributed by atoms with E-state index in [4.69, 9.17) is 0 Å². The number of nitrogens with one attached hydrogen (secondary N) is 1. The fourth-order valence-electron chi connectivity index (χ4n) is 3.35. The number of thioether (sulfide) groups is 1. The van der Waals surface area contributed by atoms with Crippen LogP contribution in [0.3, 0.4) is 0 Å². The van der Waals surface area contributed by atoms with Crippen LogP contribution in [-0.2, 0) is 4.79 Å². The Labute approximate surface area is 221 Å². The number of benzene rings is 2. The molecule has 1 heterocycles. The average molecular weight is 469 g/mol. The van der Waals surface area contributed by atoms with Crippen molar-refractivity contribution >= 4 is 35.8 Å². The van der Waals surface area contributed by atoms with Gasteiger partial charge in [-0.15, -0.1) is 0 Å². The minimum absolute atomic E-state index is 0. The number of rotatable bonds is 9. The molecule has 0 aliphatic heterocycles. The summed E-state index contributed by atoms with van der Waals surface area (Å²) in [6, 6.07) is 16.1. The Morgan fingerprint density at radius 3 is 2.48 bits per heavy atom. The Hall–Kier alpha value is -2.38. The van der Waals surface area contributed by atoms with E-state index in [0.29, 0.717) is 17.7 Å². The molecule has 3 rings (SSSR count). The van der Waals surface area contributed by atoms with Gasteiger partial charge in [-0.2, -0.15) is 11.8 Å². The number of aromatic nitrogens is 1. The zero-order valence-corrected chi connectivity index (χ0v) is 21.9. The van der Waals surface area contributed by atoms with Crippen molar-refractivity contribution in [3.05, 3.63) is 89.2 Å². The van der Waals surface area contributed by atoms with Crippen molar-refractivity contribution in [2.75, 3.05) is 12.0 Å². The van der Waals surface area contributed by atoms with Crippen LogP contribution in [0.15, 0.2) is 67.0 Å². The second kappa shape index (κ2) is 13.4. The summed E-state index contributed by atoms with van der Waals surface area (Å²) < 4.78 is 0. The third-order valence-corrected chi connectivity index (χ3v) is 5.72. The number of carbonyl (C=O) groups excluding carboxylic acids is 2. The zero-order chi connectivity index (χ0) is 22.9. The van der Waals surface area contributed by atoms with Crippen LogP contribution in [0.2, 0.25) is 0 Å². The van der Waals surface area contributed by atoms with Crippen molar-refractivity contribution in [3.63, 3.8) is 0 Å². The molecule has 0 saturated carbocycles. The molecule has 1 unspecified atom stereocenters. The molecule has 0 spiro atoms. The topological polar surface area (TPSA) is 82.1 Å². The molecule has 1 amide bonds. The molecule has 5 nitrogen and oxygen atoms in total. The van der Waals surface area contributed by atoms with Gasteiger partial charge >= 0.3 is 29.6 Å². The number of aliphatic carboxylic acids is 1. The number of hydrogen-bond acceptors (Lipinski definition) is 5. The van der Waals surface area contributed by atoms with E-state index in [-0.39, 0.29) is 29.6 Å². The molecule has 0 bridgehead atoms. The normalized spacial score (nSPS) is 11.6. The van der Waals surface area contributed by atoms with Crippen molar-refractivity contribution in [2.45, 2.75) is 19.4 Å². The first-order valence-electron chi connectivity index (χ1n) is 10.3. The number of amides is 1. The Balaban J connectivity index is 0.00000385. The summed E-state index contributed by atoms with van der Waals surface area (Å²) in [5.74, 6) is -1.09. The van der Waals surface area contributed by atoms with Gasteiger partial charge in [-0.1, -0.05) is 48.6 Å². The molecular weight excluding hydrogens is 443 g/mol. The first-order chi connectivity index (χ1) is 15.5. The number of hydrogen-bond donors (Lipinski definition) is 1. The van der Waals surface area contributed by atoms with Crippen molar-refractivity contribution in [3.8, 4) is 11.1 Å². The van der Waals surface area contributed by atoms with Crippen molar-refractivity contribution in [1.82, 2.24) is 10.3 Å². The predicted molar refractivity (Wildman–Crippen MR) is 129 cm³/mol. The number of carboxylic acid groups (broad SMARTS) is 1. The number of aryl methyl sites for hydroxylation is 1. The van der Waals surface area contributed by atoms with Crippen LogP contribution in [0.1, 0.15) is 33.5 Å². The predicted octanol–water partition coefficient (Wildman–Crippen LogP) is 0.833. The van der Waals surface area contributed by atoms with Gasteiger partial charge < -0.3 is 15.2 Å². The number of nitrogens with zero attached hydrogens (tertiary/aromatic N) is 1. The third kappa shape index (κ3) is 7.57. The van der Waals surface area contributed by atoms with Gasteiger partial charge in [-0.05, 0) is 71.4 Å². The van der Waals surface area contributed by atoms with Crippen LogP contribution >= 0.6 is 11.8 Å². The number of carbonyl (C=O) groups is 2. The molecular formula is C26H25N2NaO3S. The van der Waals surface area contributed by atoms with E-state index in [1.54, 1.807) is 18.5 Å². The summed E-state index contributed by atoms with van der Waals surface area (Å²) in [7, 11) is 0. The molecule has 0 radical (unpaired) electrons. The first kappa shape index (κ1) is 26.9. The van der Waals surface area contributed by atoms with Gasteiger partial charge in [-0.25, -0.2) is 0 Å². The molecule has 0 fully saturated rings. The zero-order valence-electron chi connectivity index (χ0n) is 19.1. The molecule has 33 heavy (non-hydrogen) atoms. The average Bonchev–Trinajstić information content (AvgIpc) is 2.81. The maximum Gasteiger partial charge on any atom is 1.00 e. The van der Waals surface area contributed by atoms with Gasteiger partial charge in [0, 0.05) is 18.0 Å². The molecule has 1 N–H and O–H groups in total. The van der Waals surface area contributed by atoms with E-state index in [9.17, 15) is 14.7 Å². The second-order valence-corrected chi connectivity index (χ2v) is 8.35. The molecule has 1 atom stereocenters. The van der Waals surface area contributed by atoms with Crippen LogP contribution < -0.4 is 40.0 Å². The van der Waals surface area contributed by atoms with E-state index in [1.807, 2.05) is 73.9 Å². The van der Waals surface area contributed by atoms with Gasteiger partial charge in [0.2, 0.25) is 0 Å². The number of pyridine rings is 1. The monoisotopic (exact) mass is 468 g/mol. The van der Waals surface area contributed by atoms with Gasteiger partial charge in [0.15, 0.2) is 0 Å². The summed E-state index contributed by atoms with van der Waals surface area (Å²) in [4.78, 5) is 28.7. The maximum atomic E-state index is 13.1. The summed E-state index contributed by atoms with van der Waals surface area (Å²) in [6.07, 6.45) is 9.61. The van der Waals surface area contributed by atoms with E-state index < -0.39 is 17.9 Å². The first-order valence-corrected chi connectivity index (χ1v) is 11.7. The molecule has 2 aromatic carbocycles.